The summed E-state index contributed by atoms with van der Waals surface area (Å²) in [5.74, 6) is -0.263. The molecule has 178 valence electrons. The first-order valence-corrected chi connectivity index (χ1v) is 14.4. The quantitative estimate of drug-likeness (QED) is 0.688. The molecule has 3 aliphatic rings. The Morgan fingerprint density at radius 3 is 2.47 bits per heavy atom. The van der Waals surface area contributed by atoms with Crippen molar-refractivity contribution in [2.45, 2.75) is 24.3 Å². The van der Waals surface area contributed by atoms with Crippen molar-refractivity contribution in [1.29, 1.82) is 0 Å². The molecule has 1 aromatic carbocycles. The van der Waals surface area contributed by atoms with Crippen LogP contribution >= 0.6 is 0 Å². The molecule has 1 aromatic heterocycles. The minimum Gasteiger partial charge on any atom is -0.384 e. The Balaban J connectivity index is 1.76. The molecule has 1 unspecified atom stereocenters. The Bertz CT molecular complexity index is 1580. The lowest BCUT2D eigenvalue weighted by Crippen LogP contribution is -2.41. The maximum Gasteiger partial charge on any atom is 0.264 e. The molecule has 0 bridgehead atoms. The summed E-state index contributed by atoms with van der Waals surface area (Å²) in [5, 5.41) is 3.31. The van der Waals surface area contributed by atoms with Crippen LogP contribution in [0.5, 0.6) is 0 Å². The van der Waals surface area contributed by atoms with Crippen LogP contribution in [0.2, 0.25) is 0 Å². The van der Waals surface area contributed by atoms with E-state index >= 15 is 0 Å². The van der Waals surface area contributed by atoms with Crippen LogP contribution in [-0.2, 0) is 26.9 Å². The number of hydrogen-bond acceptors (Lipinski definition) is 6. The van der Waals surface area contributed by atoms with Gasteiger partial charge in [0, 0.05) is 37.8 Å². The third kappa shape index (κ3) is 3.61. The number of pyridine rings is 1. The summed E-state index contributed by atoms with van der Waals surface area (Å²) in [6.45, 7) is 2.37. The number of fused-ring (bicyclic) bond motifs is 2. The molecule has 1 N–H and O–H groups in total. The van der Waals surface area contributed by atoms with Crippen LogP contribution in [0.4, 0.5) is 0 Å². The van der Waals surface area contributed by atoms with E-state index in [0.29, 0.717) is 46.5 Å². The number of sulfone groups is 1. The first-order chi connectivity index (χ1) is 16.0. The van der Waals surface area contributed by atoms with Crippen LogP contribution in [0, 0.1) is 6.92 Å². The number of aromatic nitrogens is 1. The molecule has 1 atom stereocenters. The standard InChI is InChI=1S/C24H25N3O5S2/c1-15-4-6-18(7-5-15)34(31,32)27-13-16-12-17(14-33(3,29)30)19-9-11-26(2)24(28)22(19)23-21(16)20(27)8-10-25-23/h4-7,9,11-13,20,25H,8,10,14H2,1-3H3. The van der Waals surface area contributed by atoms with Crippen LogP contribution in [0.1, 0.15) is 23.1 Å². The van der Waals surface area contributed by atoms with Gasteiger partial charge in [-0.15, -0.1) is 0 Å². The normalized spacial score (nSPS) is 19.6. The van der Waals surface area contributed by atoms with Crippen LogP contribution in [0.15, 0.2) is 69.6 Å². The van der Waals surface area contributed by atoms with Crippen molar-refractivity contribution in [2.75, 3.05) is 18.6 Å². The van der Waals surface area contributed by atoms with Gasteiger partial charge in [0.25, 0.3) is 15.6 Å². The monoisotopic (exact) mass is 499 g/mol. The summed E-state index contributed by atoms with van der Waals surface area (Å²) in [4.78, 5) is 13.4. The Labute approximate surface area is 198 Å². The summed E-state index contributed by atoms with van der Waals surface area (Å²) in [5.41, 5.74) is 3.94. The van der Waals surface area contributed by atoms with Gasteiger partial charge >= 0.3 is 0 Å². The third-order valence-corrected chi connectivity index (χ3v) is 9.03. The lowest BCUT2D eigenvalue weighted by Gasteiger charge is -2.31. The summed E-state index contributed by atoms with van der Waals surface area (Å²) in [7, 11) is -5.64. The molecule has 10 heteroatoms. The Hall–Kier alpha value is -3.11. The van der Waals surface area contributed by atoms with Gasteiger partial charge in [-0.2, -0.15) is 0 Å². The second-order valence-corrected chi connectivity index (χ2v) is 13.0. The van der Waals surface area contributed by atoms with Crippen molar-refractivity contribution < 1.29 is 16.8 Å². The Morgan fingerprint density at radius 1 is 1.09 bits per heavy atom. The highest BCUT2D eigenvalue weighted by Crippen LogP contribution is 2.44. The molecule has 34 heavy (non-hydrogen) atoms. The topological polar surface area (TPSA) is 106 Å². The minimum absolute atomic E-state index is 0.184. The average molecular weight is 500 g/mol. The van der Waals surface area contributed by atoms with Crippen LogP contribution < -0.4 is 10.9 Å². The van der Waals surface area contributed by atoms with Crippen molar-refractivity contribution in [3.05, 3.63) is 87.0 Å². The molecule has 0 saturated heterocycles. The van der Waals surface area contributed by atoms with Crippen molar-refractivity contribution in [3.8, 4) is 0 Å². The van der Waals surface area contributed by atoms with E-state index in [2.05, 4.69) is 5.32 Å². The van der Waals surface area contributed by atoms with Crippen LogP contribution in [-0.4, -0.2) is 50.3 Å². The lowest BCUT2D eigenvalue weighted by molar-refractivity contribution is 0.426. The number of rotatable bonds is 4. The van der Waals surface area contributed by atoms with Gasteiger partial charge in [-0.1, -0.05) is 17.7 Å². The fourth-order valence-corrected chi connectivity index (χ4v) is 7.17. The van der Waals surface area contributed by atoms with Crippen LogP contribution in [0.3, 0.4) is 0 Å². The fraction of sp³-hybridized carbons (Fsp3) is 0.292. The maximum atomic E-state index is 13.6. The van der Waals surface area contributed by atoms with Crippen molar-refractivity contribution in [1.82, 2.24) is 14.2 Å². The van der Waals surface area contributed by atoms with Gasteiger partial charge in [0.1, 0.15) is 0 Å². The fourth-order valence-electron chi connectivity index (χ4n) is 4.84. The van der Waals surface area contributed by atoms with E-state index in [9.17, 15) is 21.6 Å². The molecule has 0 radical (unpaired) electrons. The first-order valence-electron chi connectivity index (χ1n) is 10.9. The van der Waals surface area contributed by atoms with Gasteiger partial charge < -0.3 is 9.88 Å². The molecule has 5 rings (SSSR count). The second-order valence-electron chi connectivity index (χ2n) is 9.01. The molecule has 8 nitrogen and oxygen atoms in total. The summed E-state index contributed by atoms with van der Waals surface area (Å²) >= 11 is 0. The van der Waals surface area contributed by atoms with Crippen LogP contribution in [0.25, 0.3) is 11.3 Å². The summed E-state index contributed by atoms with van der Waals surface area (Å²) < 4.78 is 54.5. The minimum atomic E-state index is -3.86. The second kappa shape index (κ2) is 7.71. The van der Waals surface area contributed by atoms with E-state index in [1.54, 1.807) is 55.9 Å². The van der Waals surface area contributed by atoms with Gasteiger partial charge in [0.15, 0.2) is 9.84 Å². The molecular formula is C24H25N3O5S2. The lowest BCUT2D eigenvalue weighted by atomic mass is 9.92. The van der Waals surface area contributed by atoms with Gasteiger partial charge in [0.05, 0.1) is 28.0 Å². The zero-order valence-electron chi connectivity index (χ0n) is 19.1. The first kappa shape index (κ1) is 22.7. The molecule has 0 spiro atoms. The molecule has 1 aliphatic carbocycles. The predicted octanol–water partition coefficient (Wildman–Crippen LogP) is 1.80. The van der Waals surface area contributed by atoms with E-state index in [-0.39, 0.29) is 16.2 Å². The molecule has 3 heterocycles. The van der Waals surface area contributed by atoms with Crippen molar-refractivity contribution in [3.63, 3.8) is 0 Å². The van der Waals surface area contributed by atoms with Gasteiger partial charge in [0.2, 0.25) is 0 Å². The number of sulfonamides is 1. The molecular weight excluding hydrogens is 474 g/mol. The molecule has 2 aromatic rings. The largest absolute Gasteiger partial charge is 0.384 e. The number of nitrogens with zero attached hydrogens (tertiary/aromatic N) is 2. The van der Waals surface area contributed by atoms with Crippen molar-refractivity contribution in [2.24, 2.45) is 7.05 Å². The average Bonchev–Trinajstić information content (AvgIpc) is 3.08. The van der Waals surface area contributed by atoms with E-state index < -0.39 is 25.9 Å². The van der Waals surface area contributed by atoms with Gasteiger partial charge in [-0.05, 0) is 54.3 Å². The predicted molar refractivity (Wildman–Crippen MR) is 131 cm³/mol. The van der Waals surface area contributed by atoms with Gasteiger partial charge in [-0.3, -0.25) is 9.10 Å². The van der Waals surface area contributed by atoms with E-state index in [1.165, 1.54) is 8.87 Å². The number of hydrogen-bond donors (Lipinski definition) is 1. The zero-order valence-corrected chi connectivity index (χ0v) is 20.7. The number of nitrogens with one attached hydrogen (secondary N) is 1. The highest BCUT2D eigenvalue weighted by molar-refractivity contribution is 7.91. The van der Waals surface area contributed by atoms with E-state index in [1.807, 2.05) is 6.92 Å². The van der Waals surface area contributed by atoms with Crippen molar-refractivity contribution >= 4 is 31.1 Å². The SMILES string of the molecule is Cc1ccc(S(=O)(=O)N2C=C3C=C(CS(C)(=O)=O)c4ccn(C)c(=O)c4C4=C3C2CCN4)cc1. The molecule has 0 fully saturated rings. The molecule has 0 amide bonds. The number of benzene rings is 1. The maximum absolute atomic E-state index is 13.6. The number of allylic oxidation sites excluding steroid dienone is 1. The molecule has 2 aliphatic heterocycles. The highest BCUT2D eigenvalue weighted by atomic mass is 32.2. The zero-order chi connectivity index (χ0) is 24.4. The number of aryl methyl sites for hydroxylation is 2. The molecule has 0 saturated carbocycles. The Morgan fingerprint density at radius 2 is 1.79 bits per heavy atom. The summed E-state index contributed by atoms with van der Waals surface area (Å²) in [6, 6.07) is 7.93. The highest BCUT2D eigenvalue weighted by Gasteiger charge is 2.42. The van der Waals surface area contributed by atoms with E-state index in [4.69, 9.17) is 0 Å². The smallest absolute Gasteiger partial charge is 0.264 e. The third-order valence-electron chi connectivity index (χ3n) is 6.41. The summed E-state index contributed by atoms with van der Waals surface area (Å²) in [6.07, 6.45) is 6.56. The van der Waals surface area contributed by atoms with Gasteiger partial charge in [-0.25, -0.2) is 16.8 Å². The van der Waals surface area contributed by atoms with E-state index in [0.717, 1.165) is 11.8 Å². The Kier molecular flexibility index (Phi) is 5.14.